The Balaban J connectivity index is 2.07. The van der Waals surface area contributed by atoms with Crippen molar-refractivity contribution in [1.29, 1.82) is 0 Å². The van der Waals surface area contributed by atoms with Gasteiger partial charge in [-0.15, -0.1) is 0 Å². The van der Waals surface area contributed by atoms with E-state index in [4.69, 9.17) is 0 Å². The third-order valence-electron chi connectivity index (χ3n) is 3.46. The van der Waals surface area contributed by atoms with Crippen LogP contribution in [0, 0.1) is 11.8 Å². The molecule has 1 saturated heterocycles. The molecule has 0 aromatic heterocycles. The highest BCUT2D eigenvalue weighted by atomic mass is 16.6. The van der Waals surface area contributed by atoms with Crippen LogP contribution in [0.1, 0.15) is 31.7 Å². The summed E-state index contributed by atoms with van der Waals surface area (Å²) in [7, 11) is 0. The van der Waals surface area contributed by atoms with Gasteiger partial charge in [0.15, 0.2) is 0 Å². The zero-order chi connectivity index (χ0) is 12.4. The summed E-state index contributed by atoms with van der Waals surface area (Å²) >= 11 is 0. The predicted octanol–water partition coefficient (Wildman–Crippen LogP) is 2.52. The van der Waals surface area contributed by atoms with Gasteiger partial charge in [0.1, 0.15) is 0 Å². The zero-order valence-corrected chi connectivity index (χ0v) is 10.1. The predicted molar refractivity (Wildman–Crippen MR) is 63.2 cm³/mol. The second-order valence-corrected chi connectivity index (χ2v) is 4.68. The molecule has 1 fully saturated rings. The SMILES string of the molecule is CC(CC1C(=O)OC(=O)[C@H]1C)c1ccccc1. The number of cyclic esters (lactones) is 2. The molecule has 90 valence electrons. The average molecular weight is 232 g/mol. The van der Waals surface area contributed by atoms with Crippen LogP contribution >= 0.6 is 0 Å². The summed E-state index contributed by atoms with van der Waals surface area (Å²) in [6.07, 6.45) is 0.662. The van der Waals surface area contributed by atoms with E-state index in [1.165, 1.54) is 5.56 Å². The molecule has 2 rings (SSSR count). The number of hydrogen-bond donors (Lipinski definition) is 0. The van der Waals surface area contributed by atoms with E-state index in [-0.39, 0.29) is 29.7 Å². The molecule has 1 aromatic rings. The smallest absolute Gasteiger partial charge is 0.317 e. The van der Waals surface area contributed by atoms with Gasteiger partial charge in [-0.3, -0.25) is 9.59 Å². The molecule has 0 radical (unpaired) electrons. The summed E-state index contributed by atoms with van der Waals surface area (Å²) in [5, 5.41) is 0. The van der Waals surface area contributed by atoms with Gasteiger partial charge in [-0.05, 0) is 17.9 Å². The van der Waals surface area contributed by atoms with Gasteiger partial charge in [0.25, 0.3) is 0 Å². The normalized spacial score (nSPS) is 25.8. The Kier molecular flexibility index (Phi) is 3.27. The van der Waals surface area contributed by atoms with E-state index in [1.54, 1.807) is 6.92 Å². The van der Waals surface area contributed by atoms with Gasteiger partial charge >= 0.3 is 11.9 Å². The van der Waals surface area contributed by atoms with Crippen LogP contribution in [0.2, 0.25) is 0 Å². The average Bonchev–Trinajstić information content (AvgIpc) is 2.57. The van der Waals surface area contributed by atoms with E-state index in [0.29, 0.717) is 6.42 Å². The summed E-state index contributed by atoms with van der Waals surface area (Å²) in [4.78, 5) is 22.8. The molecule has 3 atom stereocenters. The Hall–Kier alpha value is -1.64. The van der Waals surface area contributed by atoms with Gasteiger partial charge in [-0.25, -0.2) is 0 Å². The van der Waals surface area contributed by atoms with E-state index < -0.39 is 0 Å². The highest BCUT2D eigenvalue weighted by molar-refractivity contribution is 5.96. The first-order valence-electron chi connectivity index (χ1n) is 5.90. The number of carbonyl (C=O) groups excluding carboxylic acids is 2. The molecule has 3 nitrogen and oxygen atoms in total. The van der Waals surface area contributed by atoms with Gasteiger partial charge in [-0.1, -0.05) is 44.2 Å². The van der Waals surface area contributed by atoms with E-state index in [2.05, 4.69) is 11.7 Å². The fraction of sp³-hybridized carbons (Fsp3) is 0.429. The lowest BCUT2D eigenvalue weighted by atomic mass is 9.85. The minimum atomic E-state index is -0.389. The van der Waals surface area contributed by atoms with Crippen LogP contribution in [-0.2, 0) is 14.3 Å². The number of esters is 2. The van der Waals surface area contributed by atoms with E-state index >= 15 is 0 Å². The molecule has 3 heteroatoms. The number of carbonyl (C=O) groups is 2. The quantitative estimate of drug-likeness (QED) is 0.594. The lowest BCUT2D eigenvalue weighted by Gasteiger charge is -2.16. The largest absolute Gasteiger partial charge is 0.393 e. The number of hydrogen-bond acceptors (Lipinski definition) is 3. The van der Waals surface area contributed by atoms with Crippen LogP contribution in [0.15, 0.2) is 30.3 Å². The van der Waals surface area contributed by atoms with Crippen molar-refractivity contribution < 1.29 is 14.3 Å². The van der Waals surface area contributed by atoms with Gasteiger partial charge in [0.05, 0.1) is 11.8 Å². The maximum absolute atomic E-state index is 11.5. The molecule has 0 spiro atoms. The van der Waals surface area contributed by atoms with Crippen LogP contribution in [0.3, 0.4) is 0 Å². The maximum atomic E-state index is 11.5. The molecular formula is C14H16O3. The molecule has 17 heavy (non-hydrogen) atoms. The molecule has 0 aliphatic carbocycles. The van der Waals surface area contributed by atoms with Crippen molar-refractivity contribution in [3.05, 3.63) is 35.9 Å². The molecule has 1 aromatic carbocycles. The van der Waals surface area contributed by atoms with Crippen molar-refractivity contribution in [3.63, 3.8) is 0 Å². The van der Waals surface area contributed by atoms with Crippen LogP contribution in [-0.4, -0.2) is 11.9 Å². The van der Waals surface area contributed by atoms with Crippen molar-refractivity contribution in [2.45, 2.75) is 26.2 Å². The van der Waals surface area contributed by atoms with Crippen molar-refractivity contribution in [1.82, 2.24) is 0 Å². The summed E-state index contributed by atoms with van der Waals surface area (Å²) in [6, 6.07) is 10.0. The summed E-state index contributed by atoms with van der Waals surface area (Å²) in [5.74, 6) is -1.11. The molecule has 1 aliphatic heterocycles. The van der Waals surface area contributed by atoms with E-state index in [9.17, 15) is 9.59 Å². The Morgan fingerprint density at radius 1 is 1.18 bits per heavy atom. The Morgan fingerprint density at radius 2 is 1.82 bits per heavy atom. The molecule has 0 bridgehead atoms. The fourth-order valence-corrected chi connectivity index (χ4v) is 2.24. The summed E-state index contributed by atoms with van der Waals surface area (Å²) in [6.45, 7) is 3.83. The first kappa shape index (κ1) is 11.8. The third-order valence-corrected chi connectivity index (χ3v) is 3.46. The second-order valence-electron chi connectivity index (χ2n) is 4.68. The third kappa shape index (κ3) is 2.38. The number of ether oxygens (including phenoxy) is 1. The van der Waals surface area contributed by atoms with E-state index in [0.717, 1.165) is 0 Å². The summed E-state index contributed by atoms with van der Waals surface area (Å²) in [5.41, 5.74) is 1.19. The van der Waals surface area contributed by atoms with Crippen molar-refractivity contribution in [2.24, 2.45) is 11.8 Å². The first-order valence-corrected chi connectivity index (χ1v) is 5.90. The number of benzene rings is 1. The highest BCUT2D eigenvalue weighted by Gasteiger charge is 2.41. The van der Waals surface area contributed by atoms with Crippen LogP contribution < -0.4 is 0 Å². The van der Waals surface area contributed by atoms with Crippen LogP contribution in [0.25, 0.3) is 0 Å². The van der Waals surface area contributed by atoms with Crippen molar-refractivity contribution >= 4 is 11.9 Å². The van der Waals surface area contributed by atoms with Crippen LogP contribution in [0.4, 0.5) is 0 Å². The molecule has 0 amide bonds. The Labute approximate surface area is 101 Å². The lowest BCUT2D eigenvalue weighted by Crippen LogP contribution is -2.17. The minimum absolute atomic E-state index is 0.252. The van der Waals surface area contributed by atoms with Gasteiger partial charge < -0.3 is 4.74 Å². The molecular weight excluding hydrogens is 216 g/mol. The second kappa shape index (κ2) is 4.70. The Morgan fingerprint density at radius 3 is 2.35 bits per heavy atom. The van der Waals surface area contributed by atoms with Gasteiger partial charge in [-0.2, -0.15) is 0 Å². The minimum Gasteiger partial charge on any atom is -0.393 e. The summed E-state index contributed by atoms with van der Waals surface area (Å²) < 4.78 is 4.64. The molecule has 1 heterocycles. The monoisotopic (exact) mass is 232 g/mol. The maximum Gasteiger partial charge on any atom is 0.317 e. The molecule has 0 N–H and O–H groups in total. The van der Waals surface area contributed by atoms with E-state index in [1.807, 2.05) is 30.3 Å². The van der Waals surface area contributed by atoms with Gasteiger partial charge in [0, 0.05) is 0 Å². The fourth-order valence-electron chi connectivity index (χ4n) is 2.24. The standard InChI is InChI=1S/C14H16O3/c1-9(11-6-4-3-5-7-11)8-12-10(2)13(15)17-14(12)16/h3-7,9-10,12H,8H2,1-2H3/t9?,10-,12?/m0/s1. The topological polar surface area (TPSA) is 43.4 Å². The molecule has 1 aliphatic rings. The highest BCUT2D eigenvalue weighted by Crippen LogP contribution is 2.32. The van der Waals surface area contributed by atoms with Crippen molar-refractivity contribution in [3.8, 4) is 0 Å². The first-order chi connectivity index (χ1) is 8.09. The van der Waals surface area contributed by atoms with Gasteiger partial charge in [0.2, 0.25) is 0 Å². The molecule has 2 unspecified atom stereocenters. The number of rotatable bonds is 3. The Bertz CT molecular complexity index is 424. The molecule has 0 saturated carbocycles. The van der Waals surface area contributed by atoms with Crippen LogP contribution in [0.5, 0.6) is 0 Å². The zero-order valence-electron chi connectivity index (χ0n) is 10.1. The van der Waals surface area contributed by atoms with Crippen molar-refractivity contribution in [2.75, 3.05) is 0 Å². The lowest BCUT2D eigenvalue weighted by molar-refractivity contribution is -0.153.